The van der Waals surface area contributed by atoms with Gasteiger partial charge in [0.25, 0.3) is 11.8 Å². The van der Waals surface area contributed by atoms with E-state index in [1.54, 1.807) is 0 Å². The Kier molecular flexibility index (Phi) is 6.68. The molecule has 3 heterocycles. The third-order valence-electron chi connectivity index (χ3n) is 3.89. The van der Waals surface area contributed by atoms with Gasteiger partial charge in [-0.1, -0.05) is 44.0 Å². The van der Waals surface area contributed by atoms with E-state index in [9.17, 15) is 9.59 Å². The van der Waals surface area contributed by atoms with Crippen LogP contribution >= 0.6 is 34.5 Å². The smallest absolute Gasteiger partial charge is 0.271 e. The molecule has 0 fully saturated rings. The van der Waals surface area contributed by atoms with E-state index in [0.29, 0.717) is 20.6 Å². The molecule has 10 nitrogen and oxygen atoms in total. The van der Waals surface area contributed by atoms with Crippen molar-refractivity contribution in [1.82, 2.24) is 30.2 Å². The van der Waals surface area contributed by atoms with Crippen LogP contribution in [0.4, 0.5) is 11.8 Å². The predicted molar refractivity (Wildman–Crippen MR) is 118 cm³/mol. The Morgan fingerprint density at radius 3 is 2.55 bits per heavy atom. The second-order valence-electron chi connectivity index (χ2n) is 7.32. The standard InChI is InChI=1S/C18H18Cl2N8O2S/c1-18(2,3)13-8(19)4-24-17(27-13)28-15(29)9-5-22-10(31-9)6-23-16(30)12-11(20)14(21)26-7-25-12/h4-5,7H,6H2,1-3H3,(H,23,30)(H2,21,25,26)(H,24,27,28,29). The van der Waals surface area contributed by atoms with E-state index in [2.05, 4.69) is 35.6 Å². The Morgan fingerprint density at radius 1 is 1.10 bits per heavy atom. The summed E-state index contributed by atoms with van der Waals surface area (Å²) in [5.41, 5.74) is 5.84. The number of carbonyl (C=O) groups is 2. The van der Waals surface area contributed by atoms with Crippen LogP contribution in [0.3, 0.4) is 0 Å². The van der Waals surface area contributed by atoms with Crippen LogP contribution in [0, 0.1) is 0 Å². The van der Waals surface area contributed by atoms with E-state index < -0.39 is 11.8 Å². The Labute approximate surface area is 191 Å². The van der Waals surface area contributed by atoms with Crippen molar-refractivity contribution < 1.29 is 9.59 Å². The summed E-state index contributed by atoms with van der Waals surface area (Å²) in [6, 6.07) is 0. The third kappa shape index (κ3) is 5.43. The molecule has 2 amide bonds. The number of nitrogens with zero attached hydrogens (tertiary/aromatic N) is 5. The molecule has 0 aliphatic rings. The molecule has 0 unspecified atom stereocenters. The summed E-state index contributed by atoms with van der Waals surface area (Å²) in [5, 5.41) is 6.15. The van der Waals surface area contributed by atoms with Crippen molar-refractivity contribution in [1.29, 1.82) is 0 Å². The zero-order valence-electron chi connectivity index (χ0n) is 16.7. The van der Waals surface area contributed by atoms with Crippen molar-refractivity contribution in [2.75, 3.05) is 11.1 Å². The van der Waals surface area contributed by atoms with Gasteiger partial charge in [-0.05, 0) is 0 Å². The molecule has 0 aromatic carbocycles. The largest absolute Gasteiger partial charge is 0.382 e. The maximum atomic E-state index is 12.5. The first-order valence-electron chi connectivity index (χ1n) is 8.89. The molecule has 0 aliphatic carbocycles. The molecular weight excluding hydrogens is 463 g/mol. The summed E-state index contributed by atoms with van der Waals surface area (Å²) in [7, 11) is 0. The predicted octanol–water partition coefficient (Wildman–Crippen LogP) is 3.09. The lowest BCUT2D eigenvalue weighted by Crippen LogP contribution is -2.24. The fourth-order valence-corrected chi connectivity index (χ4v) is 3.71. The minimum Gasteiger partial charge on any atom is -0.382 e. The number of amides is 2. The van der Waals surface area contributed by atoms with E-state index in [1.807, 2.05) is 20.8 Å². The number of aromatic nitrogens is 5. The number of nitrogens with one attached hydrogen (secondary N) is 2. The van der Waals surface area contributed by atoms with Gasteiger partial charge in [-0.2, -0.15) is 0 Å². The van der Waals surface area contributed by atoms with Crippen molar-refractivity contribution in [3.05, 3.63) is 50.0 Å². The van der Waals surface area contributed by atoms with E-state index in [1.165, 1.54) is 12.4 Å². The Morgan fingerprint density at radius 2 is 1.84 bits per heavy atom. The van der Waals surface area contributed by atoms with Crippen molar-refractivity contribution in [2.24, 2.45) is 0 Å². The zero-order chi connectivity index (χ0) is 22.8. The molecule has 3 rings (SSSR count). The number of nitrogen functional groups attached to an aromatic ring is 1. The first kappa shape index (κ1) is 22.8. The van der Waals surface area contributed by atoms with Crippen molar-refractivity contribution in [3.8, 4) is 0 Å². The van der Waals surface area contributed by atoms with E-state index in [-0.39, 0.29) is 34.4 Å². The molecule has 31 heavy (non-hydrogen) atoms. The van der Waals surface area contributed by atoms with E-state index in [0.717, 1.165) is 17.7 Å². The number of thiazole rings is 1. The highest BCUT2D eigenvalue weighted by molar-refractivity contribution is 7.13. The number of hydrogen-bond acceptors (Lipinski definition) is 9. The molecule has 0 aliphatic heterocycles. The summed E-state index contributed by atoms with van der Waals surface area (Å²) in [6.45, 7) is 5.95. The topological polar surface area (TPSA) is 149 Å². The molecule has 0 spiro atoms. The molecule has 0 radical (unpaired) electrons. The van der Waals surface area contributed by atoms with Crippen molar-refractivity contribution >= 4 is 58.1 Å². The second-order valence-corrected chi connectivity index (χ2v) is 9.22. The molecule has 0 saturated heterocycles. The van der Waals surface area contributed by atoms with Crippen LogP contribution in [-0.4, -0.2) is 36.7 Å². The SMILES string of the molecule is CC(C)(C)c1nc(NC(=O)c2cnc(CNC(=O)c3ncnc(N)c3Cl)s2)ncc1Cl. The number of hydrogen-bond donors (Lipinski definition) is 3. The summed E-state index contributed by atoms with van der Waals surface area (Å²) in [6.07, 6.45) is 3.99. The zero-order valence-corrected chi connectivity index (χ0v) is 19.1. The minimum atomic E-state index is -0.537. The Balaban J connectivity index is 1.65. The summed E-state index contributed by atoms with van der Waals surface area (Å²) in [5.74, 6) is -0.818. The molecule has 4 N–H and O–H groups in total. The third-order valence-corrected chi connectivity index (χ3v) is 5.53. The first-order valence-corrected chi connectivity index (χ1v) is 10.5. The highest BCUT2D eigenvalue weighted by Crippen LogP contribution is 2.28. The summed E-state index contributed by atoms with van der Waals surface area (Å²) in [4.78, 5) is 45.2. The lowest BCUT2D eigenvalue weighted by molar-refractivity contribution is 0.0945. The van der Waals surface area contributed by atoms with Gasteiger partial charge >= 0.3 is 0 Å². The van der Waals surface area contributed by atoms with Crippen LogP contribution in [0.5, 0.6) is 0 Å². The molecule has 3 aromatic heterocycles. The average Bonchev–Trinajstić information content (AvgIpc) is 3.18. The average molecular weight is 481 g/mol. The molecule has 13 heteroatoms. The van der Waals surface area contributed by atoms with Gasteiger partial charge < -0.3 is 11.1 Å². The quantitative estimate of drug-likeness (QED) is 0.503. The van der Waals surface area contributed by atoms with Gasteiger partial charge in [-0.3, -0.25) is 14.9 Å². The lowest BCUT2D eigenvalue weighted by Gasteiger charge is -2.19. The minimum absolute atomic E-state index is 0.00839. The number of anilines is 2. The van der Waals surface area contributed by atoms with E-state index in [4.69, 9.17) is 28.9 Å². The summed E-state index contributed by atoms with van der Waals surface area (Å²) < 4.78 is 0. The fraction of sp³-hybridized carbons (Fsp3) is 0.278. The maximum Gasteiger partial charge on any atom is 0.271 e. The first-order chi connectivity index (χ1) is 14.6. The van der Waals surface area contributed by atoms with Gasteiger partial charge in [0.1, 0.15) is 27.1 Å². The monoisotopic (exact) mass is 480 g/mol. The van der Waals surface area contributed by atoms with Crippen LogP contribution in [0.1, 0.15) is 51.6 Å². The van der Waals surface area contributed by atoms with Crippen LogP contribution in [0.15, 0.2) is 18.7 Å². The normalized spacial score (nSPS) is 11.3. The lowest BCUT2D eigenvalue weighted by atomic mass is 9.92. The van der Waals surface area contributed by atoms with Gasteiger partial charge in [0.15, 0.2) is 5.69 Å². The van der Waals surface area contributed by atoms with E-state index >= 15 is 0 Å². The molecule has 3 aromatic rings. The Bertz CT molecular complexity index is 1150. The van der Waals surface area contributed by atoms with Crippen LogP contribution in [0.2, 0.25) is 10.0 Å². The number of rotatable bonds is 5. The summed E-state index contributed by atoms with van der Waals surface area (Å²) >= 11 is 13.2. The van der Waals surface area contributed by atoms with Crippen LogP contribution in [-0.2, 0) is 12.0 Å². The fourth-order valence-electron chi connectivity index (χ4n) is 2.39. The molecule has 0 saturated carbocycles. The van der Waals surface area contributed by atoms with Gasteiger partial charge in [-0.25, -0.2) is 24.9 Å². The molecule has 162 valence electrons. The number of carbonyl (C=O) groups excluding carboxylic acids is 2. The van der Waals surface area contributed by atoms with Gasteiger partial charge in [0.2, 0.25) is 5.95 Å². The number of halogens is 2. The van der Waals surface area contributed by atoms with Crippen molar-refractivity contribution in [2.45, 2.75) is 32.7 Å². The Hall–Kier alpha value is -2.89. The number of nitrogens with two attached hydrogens (primary N) is 1. The van der Waals surface area contributed by atoms with Crippen LogP contribution in [0.25, 0.3) is 0 Å². The van der Waals surface area contributed by atoms with Gasteiger partial charge in [0.05, 0.1) is 29.7 Å². The van der Waals surface area contributed by atoms with Gasteiger partial charge in [-0.15, -0.1) is 11.3 Å². The highest BCUT2D eigenvalue weighted by Gasteiger charge is 2.21. The second kappa shape index (κ2) is 9.08. The maximum absolute atomic E-state index is 12.5. The molecule has 0 bridgehead atoms. The van der Waals surface area contributed by atoms with Crippen LogP contribution < -0.4 is 16.4 Å². The highest BCUT2D eigenvalue weighted by atomic mass is 35.5. The van der Waals surface area contributed by atoms with Crippen molar-refractivity contribution in [3.63, 3.8) is 0 Å². The van der Waals surface area contributed by atoms with Gasteiger partial charge in [0, 0.05) is 5.41 Å². The molecular formula is C18H18Cl2N8O2S. The molecule has 0 atom stereocenters.